The van der Waals surface area contributed by atoms with Gasteiger partial charge in [-0.25, -0.2) is 4.98 Å². The van der Waals surface area contributed by atoms with Crippen LogP contribution in [0.15, 0.2) is 6.20 Å². The summed E-state index contributed by atoms with van der Waals surface area (Å²) in [6, 6.07) is 0.573. The second kappa shape index (κ2) is 7.31. The average Bonchev–Trinajstić information content (AvgIpc) is 2.36. The quantitative estimate of drug-likeness (QED) is 0.868. The predicted octanol–water partition coefficient (Wildman–Crippen LogP) is 3.74. The lowest BCUT2D eigenvalue weighted by Gasteiger charge is -2.22. The predicted molar refractivity (Wildman–Crippen MR) is 80.7 cm³/mol. The Hall–Kier alpha value is -1.32. The fraction of sp³-hybridized carbons (Fsp3) is 0.733. The molecule has 4 heteroatoms. The Kier molecular flexibility index (Phi) is 5.43. The van der Waals surface area contributed by atoms with Gasteiger partial charge in [-0.1, -0.05) is 32.1 Å². The van der Waals surface area contributed by atoms with E-state index in [-0.39, 0.29) is 0 Å². The molecule has 4 nitrogen and oxygen atoms in total. The van der Waals surface area contributed by atoms with Gasteiger partial charge in [0.05, 0.1) is 0 Å². The summed E-state index contributed by atoms with van der Waals surface area (Å²) < 4.78 is 0. The summed E-state index contributed by atoms with van der Waals surface area (Å²) in [5.74, 6) is 1.72. The van der Waals surface area contributed by atoms with E-state index in [2.05, 4.69) is 34.4 Å². The van der Waals surface area contributed by atoms with Gasteiger partial charge in [-0.2, -0.15) is 4.98 Å². The highest BCUT2D eigenvalue weighted by molar-refractivity contribution is 5.47. The van der Waals surface area contributed by atoms with Crippen LogP contribution < -0.4 is 10.6 Å². The molecule has 1 aromatic rings. The molecule has 0 amide bonds. The maximum atomic E-state index is 4.58. The van der Waals surface area contributed by atoms with Crippen LogP contribution in [-0.4, -0.2) is 22.6 Å². The maximum Gasteiger partial charge on any atom is 0.224 e. The van der Waals surface area contributed by atoms with Gasteiger partial charge in [0, 0.05) is 24.3 Å². The van der Waals surface area contributed by atoms with E-state index < -0.39 is 0 Å². The number of nitrogens with one attached hydrogen (secondary N) is 2. The first kappa shape index (κ1) is 14.1. The first-order valence-corrected chi connectivity index (χ1v) is 7.63. The Bertz CT molecular complexity index is 384. The molecule has 1 aliphatic carbocycles. The number of aromatic nitrogens is 2. The number of nitrogens with zero attached hydrogens (tertiary/aromatic N) is 2. The van der Waals surface area contributed by atoms with Crippen LogP contribution in [0.2, 0.25) is 0 Å². The third-order valence-corrected chi connectivity index (χ3v) is 3.75. The van der Waals surface area contributed by atoms with Gasteiger partial charge in [0.2, 0.25) is 5.95 Å². The van der Waals surface area contributed by atoms with E-state index in [0.29, 0.717) is 6.04 Å². The Labute approximate surface area is 116 Å². The van der Waals surface area contributed by atoms with Crippen molar-refractivity contribution in [1.82, 2.24) is 9.97 Å². The standard InChI is InChI=1S/C15H26N4/c1-3-16-15-17-11-12(2)14(19-15)18-13-9-7-5-4-6-8-10-13/h11,13H,3-10H2,1-2H3,(H2,16,17,18,19). The molecule has 1 aliphatic rings. The number of rotatable bonds is 4. The molecule has 1 heterocycles. The molecule has 0 aliphatic heterocycles. The molecular formula is C15H26N4. The van der Waals surface area contributed by atoms with Gasteiger partial charge in [0.25, 0.3) is 0 Å². The van der Waals surface area contributed by atoms with Crippen molar-refractivity contribution in [2.45, 2.75) is 64.8 Å². The lowest BCUT2D eigenvalue weighted by atomic mass is 9.96. The zero-order valence-corrected chi connectivity index (χ0v) is 12.2. The Morgan fingerprint density at radius 2 is 1.84 bits per heavy atom. The Morgan fingerprint density at radius 3 is 2.53 bits per heavy atom. The number of hydrogen-bond acceptors (Lipinski definition) is 4. The maximum absolute atomic E-state index is 4.58. The van der Waals surface area contributed by atoms with E-state index >= 15 is 0 Å². The highest BCUT2D eigenvalue weighted by atomic mass is 15.1. The van der Waals surface area contributed by atoms with E-state index in [9.17, 15) is 0 Å². The van der Waals surface area contributed by atoms with Gasteiger partial charge in [-0.15, -0.1) is 0 Å². The highest BCUT2D eigenvalue weighted by Crippen LogP contribution is 2.21. The first-order valence-electron chi connectivity index (χ1n) is 7.63. The van der Waals surface area contributed by atoms with E-state index in [0.717, 1.165) is 23.9 Å². The largest absolute Gasteiger partial charge is 0.367 e. The van der Waals surface area contributed by atoms with Crippen molar-refractivity contribution in [3.8, 4) is 0 Å². The van der Waals surface area contributed by atoms with Crippen LogP contribution in [-0.2, 0) is 0 Å². The summed E-state index contributed by atoms with van der Waals surface area (Å²) in [5.41, 5.74) is 1.13. The second-order valence-corrected chi connectivity index (χ2v) is 5.44. The average molecular weight is 262 g/mol. The van der Waals surface area contributed by atoms with Crippen molar-refractivity contribution >= 4 is 11.8 Å². The molecule has 2 N–H and O–H groups in total. The minimum atomic E-state index is 0.573. The molecule has 1 aromatic heterocycles. The van der Waals surface area contributed by atoms with E-state index in [1.54, 1.807) is 0 Å². The summed E-state index contributed by atoms with van der Waals surface area (Å²) in [5, 5.41) is 6.80. The van der Waals surface area contributed by atoms with Gasteiger partial charge in [0.15, 0.2) is 0 Å². The van der Waals surface area contributed by atoms with Gasteiger partial charge in [0.1, 0.15) is 5.82 Å². The third-order valence-electron chi connectivity index (χ3n) is 3.75. The first-order chi connectivity index (χ1) is 9.29. The van der Waals surface area contributed by atoms with Gasteiger partial charge in [-0.3, -0.25) is 0 Å². The molecule has 0 aromatic carbocycles. The van der Waals surface area contributed by atoms with Crippen LogP contribution in [0.3, 0.4) is 0 Å². The Balaban J connectivity index is 2.01. The molecule has 2 rings (SSSR count). The molecule has 1 saturated carbocycles. The van der Waals surface area contributed by atoms with Crippen molar-refractivity contribution in [3.63, 3.8) is 0 Å². The lowest BCUT2D eigenvalue weighted by molar-refractivity contribution is 0.470. The molecule has 0 atom stereocenters. The molecular weight excluding hydrogens is 236 g/mol. The lowest BCUT2D eigenvalue weighted by Crippen LogP contribution is -2.22. The highest BCUT2D eigenvalue weighted by Gasteiger charge is 2.13. The summed E-state index contributed by atoms with van der Waals surface area (Å²) in [7, 11) is 0. The van der Waals surface area contributed by atoms with E-state index in [1.807, 2.05) is 6.20 Å². The summed E-state index contributed by atoms with van der Waals surface area (Å²) in [6.45, 7) is 4.98. The summed E-state index contributed by atoms with van der Waals surface area (Å²) in [6.07, 6.45) is 11.3. The Morgan fingerprint density at radius 1 is 1.16 bits per heavy atom. The molecule has 0 saturated heterocycles. The second-order valence-electron chi connectivity index (χ2n) is 5.44. The fourth-order valence-corrected chi connectivity index (χ4v) is 2.63. The zero-order valence-electron chi connectivity index (χ0n) is 12.2. The molecule has 0 unspecified atom stereocenters. The molecule has 0 bridgehead atoms. The van der Waals surface area contributed by atoms with E-state index in [1.165, 1.54) is 44.9 Å². The smallest absolute Gasteiger partial charge is 0.224 e. The number of anilines is 2. The SMILES string of the molecule is CCNc1ncc(C)c(NC2CCCCCCC2)n1. The van der Waals surface area contributed by atoms with Crippen molar-refractivity contribution < 1.29 is 0 Å². The minimum absolute atomic E-state index is 0.573. The van der Waals surface area contributed by atoms with Crippen LogP contribution in [0.4, 0.5) is 11.8 Å². The molecule has 0 radical (unpaired) electrons. The van der Waals surface area contributed by atoms with Gasteiger partial charge >= 0.3 is 0 Å². The number of hydrogen-bond donors (Lipinski definition) is 2. The molecule has 19 heavy (non-hydrogen) atoms. The van der Waals surface area contributed by atoms with Crippen molar-refractivity contribution in [3.05, 3.63) is 11.8 Å². The number of aryl methyl sites for hydroxylation is 1. The van der Waals surface area contributed by atoms with Crippen molar-refractivity contribution in [2.75, 3.05) is 17.2 Å². The zero-order chi connectivity index (χ0) is 13.5. The molecule has 106 valence electrons. The van der Waals surface area contributed by atoms with Crippen molar-refractivity contribution in [1.29, 1.82) is 0 Å². The third kappa shape index (κ3) is 4.37. The van der Waals surface area contributed by atoms with Gasteiger partial charge in [-0.05, 0) is 26.7 Å². The van der Waals surface area contributed by atoms with Crippen LogP contribution in [0, 0.1) is 6.92 Å². The summed E-state index contributed by atoms with van der Waals surface area (Å²) >= 11 is 0. The molecule has 0 spiro atoms. The minimum Gasteiger partial charge on any atom is -0.367 e. The normalized spacial score (nSPS) is 17.6. The van der Waals surface area contributed by atoms with Crippen LogP contribution >= 0.6 is 0 Å². The van der Waals surface area contributed by atoms with Gasteiger partial charge < -0.3 is 10.6 Å². The fourth-order valence-electron chi connectivity index (χ4n) is 2.63. The molecule has 1 fully saturated rings. The van der Waals surface area contributed by atoms with E-state index in [4.69, 9.17) is 0 Å². The van der Waals surface area contributed by atoms with Crippen LogP contribution in [0.5, 0.6) is 0 Å². The monoisotopic (exact) mass is 262 g/mol. The van der Waals surface area contributed by atoms with Crippen molar-refractivity contribution in [2.24, 2.45) is 0 Å². The topological polar surface area (TPSA) is 49.8 Å². The van der Waals surface area contributed by atoms with Crippen LogP contribution in [0.25, 0.3) is 0 Å². The summed E-state index contributed by atoms with van der Waals surface area (Å²) in [4.78, 5) is 8.87. The van der Waals surface area contributed by atoms with Crippen LogP contribution in [0.1, 0.15) is 57.4 Å².